The van der Waals surface area contributed by atoms with Gasteiger partial charge >= 0.3 is 6.18 Å². The Bertz CT molecular complexity index is 1020. The largest absolute Gasteiger partial charge is 0.418 e. The number of halogens is 3. The van der Waals surface area contributed by atoms with Gasteiger partial charge in [-0.1, -0.05) is 43.7 Å². The minimum atomic E-state index is -4.63. The van der Waals surface area contributed by atoms with Crippen LogP contribution in [0.3, 0.4) is 0 Å². The molecule has 1 atom stereocenters. The Balaban J connectivity index is 0.00000155. The molecule has 0 radical (unpaired) electrons. The number of H-pyrrole nitrogens is 1. The van der Waals surface area contributed by atoms with E-state index in [1.165, 1.54) is 24.5 Å². The van der Waals surface area contributed by atoms with E-state index in [2.05, 4.69) is 15.3 Å². The molecule has 2 N–H and O–H groups in total. The fourth-order valence-electron chi connectivity index (χ4n) is 2.72. The molecule has 2 heterocycles. The standard InChI is InChI=1S/C20H16F3N3O2.C2H6/c1-12-4-6-13(7-5-12)17(18-15(20(21,22)23)3-2-10-24-18)26-19(28)14-8-9-16(27)25-11-14;1-2/h2-11,17H,1H3,(H,25,27)(H,26,28);1-2H3. The smallest absolute Gasteiger partial charge is 0.339 e. The van der Waals surface area contributed by atoms with Crippen molar-refractivity contribution in [3.63, 3.8) is 0 Å². The summed E-state index contributed by atoms with van der Waals surface area (Å²) in [6.07, 6.45) is -2.18. The minimum Gasteiger partial charge on any atom is -0.339 e. The number of aromatic nitrogens is 2. The van der Waals surface area contributed by atoms with Crippen molar-refractivity contribution in [2.45, 2.75) is 33.0 Å². The quantitative estimate of drug-likeness (QED) is 0.649. The molecule has 3 aromatic rings. The van der Waals surface area contributed by atoms with Gasteiger partial charge in [0.15, 0.2) is 0 Å². The van der Waals surface area contributed by atoms with E-state index < -0.39 is 29.2 Å². The number of amides is 1. The predicted octanol–water partition coefficient (Wildman–Crippen LogP) is 4.64. The van der Waals surface area contributed by atoms with E-state index in [9.17, 15) is 22.8 Å². The SMILES string of the molecule is CC.Cc1ccc(C(NC(=O)c2ccc(=O)[nH]c2)c2ncccc2C(F)(F)F)cc1. The Morgan fingerprint density at radius 2 is 1.73 bits per heavy atom. The highest BCUT2D eigenvalue weighted by molar-refractivity contribution is 5.94. The number of aryl methyl sites for hydroxylation is 1. The van der Waals surface area contributed by atoms with Gasteiger partial charge in [0.2, 0.25) is 5.56 Å². The topological polar surface area (TPSA) is 74.8 Å². The van der Waals surface area contributed by atoms with E-state index in [-0.39, 0.29) is 11.3 Å². The van der Waals surface area contributed by atoms with Crippen molar-refractivity contribution in [2.75, 3.05) is 0 Å². The maximum atomic E-state index is 13.5. The fourth-order valence-corrected chi connectivity index (χ4v) is 2.72. The number of alkyl halides is 3. The number of carbonyl (C=O) groups is 1. The molecule has 8 heteroatoms. The summed E-state index contributed by atoms with van der Waals surface area (Å²) in [6.45, 7) is 5.85. The Hall–Kier alpha value is -3.42. The van der Waals surface area contributed by atoms with Gasteiger partial charge in [-0.05, 0) is 30.7 Å². The molecule has 158 valence electrons. The van der Waals surface area contributed by atoms with Crippen LogP contribution in [0.25, 0.3) is 0 Å². The molecule has 0 saturated carbocycles. The zero-order valence-corrected chi connectivity index (χ0v) is 16.7. The third-order valence-electron chi connectivity index (χ3n) is 4.15. The van der Waals surface area contributed by atoms with Crippen LogP contribution in [0.2, 0.25) is 0 Å². The number of nitrogens with one attached hydrogen (secondary N) is 2. The van der Waals surface area contributed by atoms with Gasteiger partial charge in [-0.3, -0.25) is 14.6 Å². The first-order valence-corrected chi connectivity index (χ1v) is 9.34. The zero-order valence-electron chi connectivity index (χ0n) is 16.7. The first-order chi connectivity index (χ1) is 14.3. The lowest BCUT2D eigenvalue weighted by molar-refractivity contribution is -0.138. The average Bonchev–Trinajstić information content (AvgIpc) is 2.74. The molecule has 1 amide bonds. The second kappa shape index (κ2) is 9.87. The molecule has 0 fully saturated rings. The molecule has 1 unspecified atom stereocenters. The van der Waals surface area contributed by atoms with E-state index in [4.69, 9.17) is 0 Å². The highest BCUT2D eigenvalue weighted by atomic mass is 19.4. The number of nitrogens with zero attached hydrogens (tertiary/aromatic N) is 1. The Labute approximate surface area is 172 Å². The van der Waals surface area contributed by atoms with Crippen LogP contribution in [0.4, 0.5) is 13.2 Å². The van der Waals surface area contributed by atoms with Gasteiger partial charge in [0.1, 0.15) is 0 Å². The third kappa shape index (κ3) is 5.56. The molecule has 0 saturated heterocycles. The van der Waals surface area contributed by atoms with Crippen LogP contribution < -0.4 is 10.9 Å². The third-order valence-corrected chi connectivity index (χ3v) is 4.15. The molecular weight excluding hydrogens is 395 g/mol. The van der Waals surface area contributed by atoms with Crippen molar-refractivity contribution in [1.82, 2.24) is 15.3 Å². The number of carbonyl (C=O) groups excluding carboxylic acids is 1. The molecule has 0 spiro atoms. The number of hydrogen-bond acceptors (Lipinski definition) is 3. The van der Waals surface area contributed by atoms with Crippen LogP contribution in [0.15, 0.2) is 65.7 Å². The van der Waals surface area contributed by atoms with Crippen molar-refractivity contribution in [3.05, 3.63) is 99.2 Å². The molecule has 0 aliphatic rings. The van der Waals surface area contributed by atoms with Crippen LogP contribution >= 0.6 is 0 Å². The molecule has 0 bridgehead atoms. The fraction of sp³-hybridized carbons (Fsp3) is 0.227. The highest BCUT2D eigenvalue weighted by Gasteiger charge is 2.37. The monoisotopic (exact) mass is 417 g/mol. The number of benzene rings is 1. The van der Waals surface area contributed by atoms with Crippen molar-refractivity contribution in [3.8, 4) is 0 Å². The summed E-state index contributed by atoms with van der Waals surface area (Å²) in [4.78, 5) is 30.1. The Morgan fingerprint density at radius 1 is 1.07 bits per heavy atom. The molecule has 0 aliphatic carbocycles. The maximum Gasteiger partial charge on any atom is 0.418 e. The molecular formula is C22H22F3N3O2. The summed E-state index contributed by atoms with van der Waals surface area (Å²) < 4.78 is 40.5. The van der Waals surface area contributed by atoms with Crippen LogP contribution in [-0.4, -0.2) is 15.9 Å². The number of aromatic amines is 1. The molecule has 0 aliphatic heterocycles. The van der Waals surface area contributed by atoms with E-state index in [1.807, 2.05) is 20.8 Å². The van der Waals surface area contributed by atoms with Crippen LogP contribution in [-0.2, 0) is 6.18 Å². The lowest BCUT2D eigenvalue weighted by Crippen LogP contribution is -2.32. The van der Waals surface area contributed by atoms with Crippen molar-refractivity contribution < 1.29 is 18.0 Å². The van der Waals surface area contributed by atoms with Gasteiger partial charge < -0.3 is 10.3 Å². The van der Waals surface area contributed by atoms with Crippen molar-refractivity contribution in [1.29, 1.82) is 0 Å². The first kappa shape index (κ1) is 22.9. The normalized spacial score (nSPS) is 11.8. The average molecular weight is 417 g/mol. The summed E-state index contributed by atoms with van der Waals surface area (Å²) in [5.74, 6) is -0.638. The van der Waals surface area contributed by atoms with Gasteiger partial charge in [-0.2, -0.15) is 13.2 Å². The Morgan fingerprint density at radius 3 is 2.30 bits per heavy atom. The van der Waals surface area contributed by atoms with E-state index in [1.54, 1.807) is 24.3 Å². The van der Waals surface area contributed by atoms with Crippen LogP contribution in [0.5, 0.6) is 0 Å². The van der Waals surface area contributed by atoms with Gasteiger partial charge in [0.25, 0.3) is 5.91 Å². The molecule has 2 aromatic heterocycles. The highest BCUT2D eigenvalue weighted by Crippen LogP contribution is 2.35. The lowest BCUT2D eigenvalue weighted by Gasteiger charge is -2.22. The summed E-state index contributed by atoms with van der Waals surface area (Å²) in [7, 11) is 0. The zero-order chi connectivity index (χ0) is 22.3. The number of pyridine rings is 2. The van der Waals surface area contributed by atoms with Gasteiger partial charge in [-0.25, -0.2) is 0 Å². The number of rotatable bonds is 4. The summed E-state index contributed by atoms with van der Waals surface area (Å²) >= 11 is 0. The van der Waals surface area contributed by atoms with Gasteiger partial charge in [0, 0.05) is 18.5 Å². The predicted molar refractivity (Wildman–Crippen MR) is 108 cm³/mol. The summed E-state index contributed by atoms with van der Waals surface area (Å²) in [5, 5.41) is 2.59. The summed E-state index contributed by atoms with van der Waals surface area (Å²) in [5.41, 5.74) is -0.144. The van der Waals surface area contributed by atoms with Crippen molar-refractivity contribution >= 4 is 5.91 Å². The second-order valence-corrected chi connectivity index (χ2v) is 6.19. The number of hydrogen-bond donors (Lipinski definition) is 2. The Kier molecular flexibility index (Phi) is 7.52. The molecule has 1 aromatic carbocycles. The maximum absolute atomic E-state index is 13.5. The molecule has 5 nitrogen and oxygen atoms in total. The van der Waals surface area contributed by atoms with E-state index >= 15 is 0 Å². The summed E-state index contributed by atoms with van der Waals surface area (Å²) in [6, 6.07) is 10.2. The lowest BCUT2D eigenvalue weighted by atomic mass is 9.97. The van der Waals surface area contributed by atoms with Gasteiger partial charge in [0.05, 0.1) is 22.9 Å². The van der Waals surface area contributed by atoms with Crippen molar-refractivity contribution in [2.24, 2.45) is 0 Å². The first-order valence-electron chi connectivity index (χ1n) is 9.34. The molecule has 3 rings (SSSR count). The van der Waals surface area contributed by atoms with E-state index in [0.29, 0.717) is 5.56 Å². The van der Waals surface area contributed by atoms with E-state index in [0.717, 1.165) is 17.7 Å². The van der Waals surface area contributed by atoms with Crippen LogP contribution in [0.1, 0.15) is 52.6 Å². The molecule has 30 heavy (non-hydrogen) atoms. The second-order valence-electron chi connectivity index (χ2n) is 6.19. The minimum absolute atomic E-state index is 0.112. The van der Waals surface area contributed by atoms with Crippen LogP contribution in [0, 0.1) is 6.92 Å². The van der Waals surface area contributed by atoms with Gasteiger partial charge in [-0.15, -0.1) is 0 Å².